The monoisotopic (exact) mass is 423 g/mol. The molecule has 163 valence electrons. The molecule has 0 saturated carbocycles. The predicted octanol–water partition coefficient (Wildman–Crippen LogP) is -0.444. The standard InChI is InChI=1S/C9H17NO3.C9H15NO3.CH4.B.Na.H/c2*1-9(2,3)13-8(12)10-5-4-7(11)6-10;;;;/h7,11H,4-6H2,1-3H3;4-6H2,1-3H3;1H4;;;/q;;;;+1;-1. The summed E-state index contributed by atoms with van der Waals surface area (Å²) in [5.41, 5.74) is -0.937. The Morgan fingerprint density at radius 2 is 1.45 bits per heavy atom. The van der Waals surface area contributed by atoms with Crippen LogP contribution in [0.3, 0.4) is 0 Å². The second kappa shape index (κ2) is 13.5. The normalized spacial score (nSPS) is 18.4. The number of nitrogens with zero attached hydrogens (tertiary/aromatic N) is 2. The van der Waals surface area contributed by atoms with Gasteiger partial charge in [0.25, 0.3) is 0 Å². The Kier molecular flexibility index (Phi) is 15.3. The van der Waals surface area contributed by atoms with Gasteiger partial charge < -0.3 is 25.8 Å². The first-order valence-electron chi connectivity index (χ1n) is 8.92. The molecule has 10 heteroatoms. The molecular weight excluding hydrogens is 386 g/mol. The second-order valence-corrected chi connectivity index (χ2v) is 8.56. The fourth-order valence-corrected chi connectivity index (χ4v) is 2.35. The van der Waals surface area contributed by atoms with Crippen LogP contribution in [0.5, 0.6) is 0 Å². The quantitative estimate of drug-likeness (QED) is 0.531. The molecule has 1 unspecified atom stereocenters. The van der Waals surface area contributed by atoms with Crippen LogP contribution in [0.1, 0.15) is 63.2 Å². The first kappa shape index (κ1) is 32.9. The minimum absolute atomic E-state index is 0. The largest absolute Gasteiger partial charge is 1.00 e. The van der Waals surface area contributed by atoms with E-state index >= 15 is 0 Å². The number of aliphatic hydroxyl groups is 1. The molecule has 29 heavy (non-hydrogen) atoms. The van der Waals surface area contributed by atoms with Gasteiger partial charge in [0.05, 0.1) is 12.6 Å². The van der Waals surface area contributed by atoms with Crippen LogP contribution in [0.4, 0.5) is 9.59 Å². The van der Waals surface area contributed by atoms with Crippen molar-refractivity contribution in [3.8, 4) is 0 Å². The summed E-state index contributed by atoms with van der Waals surface area (Å²) in [6, 6.07) is 0. The summed E-state index contributed by atoms with van der Waals surface area (Å²) >= 11 is 0. The molecule has 1 atom stereocenters. The van der Waals surface area contributed by atoms with Crippen molar-refractivity contribution < 1.29 is 59.9 Å². The first-order valence-corrected chi connectivity index (χ1v) is 8.92. The number of ketones is 1. The smallest absolute Gasteiger partial charge is 1.00 e. The minimum Gasteiger partial charge on any atom is -1.00 e. The Morgan fingerprint density at radius 3 is 1.76 bits per heavy atom. The molecule has 2 amide bonds. The van der Waals surface area contributed by atoms with Crippen molar-refractivity contribution in [1.82, 2.24) is 9.80 Å². The molecule has 0 aromatic rings. The maximum atomic E-state index is 11.4. The van der Waals surface area contributed by atoms with Crippen LogP contribution in [0.2, 0.25) is 0 Å². The third-order valence-corrected chi connectivity index (χ3v) is 3.49. The number of carbonyl (C=O) groups is 3. The van der Waals surface area contributed by atoms with E-state index in [4.69, 9.17) is 9.47 Å². The maximum Gasteiger partial charge on any atom is 1.00 e. The molecule has 0 spiro atoms. The average molecular weight is 423 g/mol. The molecule has 0 bridgehead atoms. The molecule has 1 N–H and O–H groups in total. The molecule has 2 heterocycles. The van der Waals surface area contributed by atoms with Crippen molar-refractivity contribution in [1.29, 1.82) is 0 Å². The molecule has 8 nitrogen and oxygen atoms in total. The van der Waals surface area contributed by atoms with Crippen molar-refractivity contribution in [3.63, 3.8) is 0 Å². The Hall–Kier alpha value is -0.765. The number of rotatable bonds is 0. The number of carbonyl (C=O) groups excluding carboxylic acids is 3. The summed E-state index contributed by atoms with van der Waals surface area (Å²) in [6.45, 7) is 12.6. The van der Waals surface area contributed by atoms with Crippen molar-refractivity contribution in [2.24, 2.45) is 0 Å². The molecule has 2 fully saturated rings. The van der Waals surface area contributed by atoms with Crippen LogP contribution >= 0.6 is 0 Å². The third-order valence-electron chi connectivity index (χ3n) is 3.49. The molecule has 0 aromatic heterocycles. The van der Waals surface area contributed by atoms with E-state index in [0.29, 0.717) is 32.5 Å². The Balaban J connectivity index is -0.000000199. The van der Waals surface area contributed by atoms with Gasteiger partial charge in [-0.05, 0) is 48.0 Å². The fourth-order valence-electron chi connectivity index (χ4n) is 2.35. The molecular formula is C19H37BN2NaO6. The van der Waals surface area contributed by atoms with Crippen molar-refractivity contribution in [2.45, 2.75) is 79.1 Å². The molecule has 2 rings (SSSR count). The van der Waals surface area contributed by atoms with E-state index in [1.165, 1.54) is 9.80 Å². The fraction of sp³-hybridized carbons (Fsp3) is 0.842. The van der Waals surface area contributed by atoms with Gasteiger partial charge in [-0.15, -0.1) is 0 Å². The first-order chi connectivity index (χ1) is 11.8. The SMILES string of the molecule is C.CC(C)(C)OC(=O)N1CCC(=O)C1.CC(C)(C)OC(=O)N1CCC(O)C1.[B].[H-].[Na+]. The van der Waals surface area contributed by atoms with Crippen molar-refractivity contribution in [2.75, 3.05) is 26.2 Å². The summed E-state index contributed by atoms with van der Waals surface area (Å²) in [5, 5.41) is 9.20. The van der Waals surface area contributed by atoms with Gasteiger partial charge >= 0.3 is 41.7 Å². The molecule has 3 radical (unpaired) electrons. The number of hydrogen-bond donors (Lipinski definition) is 1. The zero-order valence-corrected chi connectivity index (χ0v) is 20.3. The molecule has 2 aliphatic rings. The molecule has 0 aromatic carbocycles. The number of ether oxygens (including phenoxy) is 2. The summed E-state index contributed by atoms with van der Waals surface area (Å²) in [6.07, 6.45) is 0.00768. The molecule has 0 aliphatic carbocycles. The van der Waals surface area contributed by atoms with Crippen molar-refractivity contribution in [3.05, 3.63) is 0 Å². The van der Waals surface area contributed by atoms with Gasteiger partial charge in [-0.2, -0.15) is 0 Å². The van der Waals surface area contributed by atoms with Crippen LogP contribution in [0.25, 0.3) is 0 Å². The average Bonchev–Trinajstić information content (AvgIpc) is 3.04. The summed E-state index contributed by atoms with van der Waals surface area (Å²) in [7, 11) is 0. The third kappa shape index (κ3) is 14.0. The van der Waals surface area contributed by atoms with E-state index in [9.17, 15) is 19.5 Å². The van der Waals surface area contributed by atoms with E-state index in [0.717, 1.165) is 0 Å². The van der Waals surface area contributed by atoms with Gasteiger partial charge in [0.2, 0.25) is 0 Å². The zero-order chi connectivity index (χ0) is 20.1. The number of hydrogen-bond acceptors (Lipinski definition) is 6. The van der Waals surface area contributed by atoms with Crippen LogP contribution in [0.15, 0.2) is 0 Å². The van der Waals surface area contributed by atoms with Gasteiger partial charge in [0, 0.05) is 34.5 Å². The zero-order valence-electron chi connectivity index (χ0n) is 19.3. The van der Waals surface area contributed by atoms with Gasteiger partial charge in [-0.3, -0.25) is 4.79 Å². The molecule has 2 saturated heterocycles. The van der Waals surface area contributed by atoms with Crippen LogP contribution in [-0.2, 0) is 14.3 Å². The maximum absolute atomic E-state index is 11.4. The van der Waals surface area contributed by atoms with Gasteiger partial charge in [0.15, 0.2) is 5.78 Å². The number of likely N-dealkylation sites (tertiary alicyclic amines) is 2. The summed E-state index contributed by atoms with van der Waals surface area (Å²) < 4.78 is 10.3. The van der Waals surface area contributed by atoms with Gasteiger partial charge in [-0.25, -0.2) is 9.59 Å². The predicted molar refractivity (Wildman–Crippen MR) is 109 cm³/mol. The van der Waals surface area contributed by atoms with Crippen molar-refractivity contribution >= 4 is 26.4 Å². The van der Waals surface area contributed by atoms with E-state index in [1.807, 2.05) is 41.5 Å². The number of Topliss-reactive ketones (excluding diaryl/α,β-unsaturated/α-hetero) is 1. The van der Waals surface area contributed by atoms with Crippen LogP contribution in [-0.4, -0.2) is 84.8 Å². The topological polar surface area (TPSA) is 96.4 Å². The van der Waals surface area contributed by atoms with E-state index < -0.39 is 17.3 Å². The van der Waals surface area contributed by atoms with Gasteiger partial charge in [0.1, 0.15) is 11.2 Å². The van der Waals surface area contributed by atoms with E-state index in [-0.39, 0.29) is 71.3 Å². The van der Waals surface area contributed by atoms with Gasteiger partial charge in [-0.1, -0.05) is 7.43 Å². The Bertz CT molecular complexity index is 540. The molecule has 2 aliphatic heterocycles. The second-order valence-electron chi connectivity index (χ2n) is 8.56. The van der Waals surface area contributed by atoms with E-state index in [1.54, 1.807) is 0 Å². The summed E-state index contributed by atoms with van der Waals surface area (Å²) in [4.78, 5) is 36.6. The Morgan fingerprint density at radius 1 is 1.00 bits per heavy atom. The van der Waals surface area contributed by atoms with Crippen LogP contribution in [0, 0.1) is 0 Å². The van der Waals surface area contributed by atoms with Crippen LogP contribution < -0.4 is 29.6 Å². The number of aliphatic hydroxyl groups excluding tert-OH is 1. The Labute approximate surface area is 201 Å². The number of β-amino-alcohol motifs (C(OH)–C–C–N with tert-alkyl or cyclic N) is 1. The summed E-state index contributed by atoms with van der Waals surface area (Å²) in [5.74, 6) is 0.103. The minimum atomic E-state index is -0.483. The van der Waals surface area contributed by atoms with E-state index in [2.05, 4.69) is 0 Å². The number of amides is 2.